The topological polar surface area (TPSA) is 50.8 Å². The summed E-state index contributed by atoms with van der Waals surface area (Å²) in [5, 5.41) is 3.44. The predicted octanol–water partition coefficient (Wildman–Crippen LogP) is 2.15. The number of amides is 1. The molecular formula is C15H28N2O3. The molecule has 2 aliphatic rings. The molecule has 2 atom stereocenters. The highest BCUT2D eigenvalue weighted by Gasteiger charge is 2.32. The zero-order valence-corrected chi connectivity index (χ0v) is 13.0. The molecule has 0 aromatic heterocycles. The molecule has 2 saturated heterocycles. The highest BCUT2D eigenvalue weighted by molar-refractivity contribution is 5.69. The molecule has 2 unspecified atom stereocenters. The van der Waals surface area contributed by atoms with Crippen LogP contribution >= 0.6 is 0 Å². The molecular weight excluding hydrogens is 256 g/mol. The van der Waals surface area contributed by atoms with Crippen LogP contribution in [0.5, 0.6) is 0 Å². The normalized spacial score (nSPS) is 27.1. The zero-order valence-electron chi connectivity index (χ0n) is 13.0. The lowest BCUT2D eigenvalue weighted by molar-refractivity contribution is 0.0224. The van der Waals surface area contributed by atoms with E-state index < -0.39 is 5.60 Å². The largest absolute Gasteiger partial charge is 0.444 e. The minimum Gasteiger partial charge on any atom is -0.444 e. The van der Waals surface area contributed by atoms with Gasteiger partial charge in [0, 0.05) is 32.3 Å². The van der Waals surface area contributed by atoms with Gasteiger partial charge >= 0.3 is 6.09 Å². The van der Waals surface area contributed by atoms with Crippen LogP contribution in [0.2, 0.25) is 0 Å². The van der Waals surface area contributed by atoms with Gasteiger partial charge in [0.05, 0.1) is 6.10 Å². The molecule has 5 nitrogen and oxygen atoms in total. The maximum atomic E-state index is 12.1. The van der Waals surface area contributed by atoms with E-state index in [1.54, 1.807) is 0 Å². The van der Waals surface area contributed by atoms with Crippen molar-refractivity contribution in [2.24, 2.45) is 0 Å². The summed E-state index contributed by atoms with van der Waals surface area (Å²) in [6.45, 7) is 9.14. The number of ether oxygens (including phenoxy) is 2. The fourth-order valence-corrected chi connectivity index (χ4v) is 2.83. The van der Waals surface area contributed by atoms with E-state index in [9.17, 15) is 4.79 Å². The van der Waals surface area contributed by atoms with E-state index in [4.69, 9.17) is 9.47 Å². The second-order valence-electron chi connectivity index (χ2n) is 6.76. The fourth-order valence-electron chi connectivity index (χ4n) is 2.83. The first-order valence-electron chi connectivity index (χ1n) is 7.77. The van der Waals surface area contributed by atoms with Crippen molar-refractivity contribution in [2.75, 3.05) is 26.2 Å². The highest BCUT2D eigenvalue weighted by atomic mass is 16.6. The summed E-state index contributed by atoms with van der Waals surface area (Å²) in [6.07, 6.45) is 4.60. The fraction of sp³-hybridized carbons (Fsp3) is 0.933. The minimum atomic E-state index is -0.421. The van der Waals surface area contributed by atoms with Gasteiger partial charge in [-0.15, -0.1) is 0 Å². The van der Waals surface area contributed by atoms with Crippen molar-refractivity contribution in [3.63, 3.8) is 0 Å². The van der Waals surface area contributed by atoms with Gasteiger partial charge in [0.25, 0.3) is 0 Å². The molecule has 20 heavy (non-hydrogen) atoms. The van der Waals surface area contributed by atoms with Crippen molar-refractivity contribution >= 4 is 6.09 Å². The third kappa shape index (κ3) is 4.63. The van der Waals surface area contributed by atoms with E-state index in [2.05, 4.69) is 5.32 Å². The van der Waals surface area contributed by atoms with Crippen molar-refractivity contribution in [3.8, 4) is 0 Å². The third-order valence-electron chi connectivity index (χ3n) is 3.78. The molecule has 2 heterocycles. The van der Waals surface area contributed by atoms with Crippen LogP contribution in [0.15, 0.2) is 0 Å². The van der Waals surface area contributed by atoms with Gasteiger partial charge < -0.3 is 19.7 Å². The van der Waals surface area contributed by atoms with Crippen molar-refractivity contribution < 1.29 is 14.3 Å². The standard InChI is InChI=1S/C15H28N2O3/c1-15(2,3)20-14(18)17-8-4-6-12(17)10-16-11-13-7-5-9-19-13/h12-13,16H,4-11H2,1-3H3. The molecule has 0 spiro atoms. The number of nitrogens with zero attached hydrogens (tertiary/aromatic N) is 1. The minimum absolute atomic E-state index is 0.182. The van der Waals surface area contributed by atoms with Crippen LogP contribution in [0.4, 0.5) is 4.79 Å². The van der Waals surface area contributed by atoms with Gasteiger partial charge in [0.1, 0.15) is 5.60 Å². The molecule has 2 fully saturated rings. The van der Waals surface area contributed by atoms with Gasteiger partial charge in [0.15, 0.2) is 0 Å². The van der Waals surface area contributed by atoms with Crippen molar-refractivity contribution in [2.45, 2.75) is 64.2 Å². The Hall–Kier alpha value is -0.810. The van der Waals surface area contributed by atoms with Crippen LogP contribution in [-0.2, 0) is 9.47 Å². The van der Waals surface area contributed by atoms with Gasteiger partial charge in [-0.1, -0.05) is 0 Å². The summed E-state index contributed by atoms with van der Waals surface area (Å²) in [6, 6.07) is 0.256. The first-order valence-corrected chi connectivity index (χ1v) is 7.77. The summed E-state index contributed by atoms with van der Waals surface area (Å²) in [4.78, 5) is 14.0. The quantitative estimate of drug-likeness (QED) is 0.859. The summed E-state index contributed by atoms with van der Waals surface area (Å²) in [5.41, 5.74) is -0.421. The predicted molar refractivity (Wildman–Crippen MR) is 77.8 cm³/mol. The van der Waals surface area contributed by atoms with Crippen LogP contribution in [0.3, 0.4) is 0 Å². The second-order valence-corrected chi connectivity index (χ2v) is 6.76. The van der Waals surface area contributed by atoms with Crippen LogP contribution in [0.25, 0.3) is 0 Å². The average molecular weight is 284 g/mol. The van der Waals surface area contributed by atoms with Crippen LogP contribution < -0.4 is 5.32 Å². The summed E-state index contributed by atoms with van der Waals surface area (Å²) < 4.78 is 11.1. The molecule has 0 aromatic carbocycles. The molecule has 0 aromatic rings. The maximum absolute atomic E-state index is 12.1. The second kappa shape index (κ2) is 6.76. The molecule has 0 bridgehead atoms. The molecule has 1 N–H and O–H groups in total. The Morgan fingerprint density at radius 3 is 2.75 bits per heavy atom. The van der Waals surface area contributed by atoms with Crippen LogP contribution in [0.1, 0.15) is 46.5 Å². The molecule has 0 radical (unpaired) electrons. The zero-order chi connectivity index (χ0) is 14.6. The SMILES string of the molecule is CC(C)(C)OC(=O)N1CCCC1CNCC1CCCO1. The lowest BCUT2D eigenvalue weighted by atomic mass is 10.2. The first-order chi connectivity index (χ1) is 9.46. The van der Waals surface area contributed by atoms with E-state index >= 15 is 0 Å². The monoisotopic (exact) mass is 284 g/mol. The summed E-state index contributed by atoms with van der Waals surface area (Å²) >= 11 is 0. The highest BCUT2D eigenvalue weighted by Crippen LogP contribution is 2.20. The first kappa shape index (κ1) is 15.6. The third-order valence-corrected chi connectivity index (χ3v) is 3.78. The molecule has 5 heteroatoms. The lowest BCUT2D eigenvalue weighted by Crippen LogP contribution is -2.45. The van der Waals surface area contributed by atoms with Gasteiger partial charge in [-0.3, -0.25) is 0 Å². The number of rotatable bonds is 4. The van der Waals surface area contributed by atoms with E-state index in [1.807, 2.05) is 25.7 Å². The number of carbonyl (C=O) groups is 1. The number of hydrogen-bond donors (Lipinski definition) is 1. The Morgan fingerprint density at radius 2 is 2.10 bits per heavy atom. The Bertz CT molecular complexity index is 322. The Kier molecular flexibility index (Phi) is 5.27. The van der Waals surface area contributed by atoms with Crippen LogP contribution in [0, 0.1) is 0 Å². The Labute approximate surface area is 122 Å². The molecule has 116 valence electrons. The van der Waals surface area contributed by atoms with Gasteiger partial charge in [-0.2, -0.15) is 0 Å². The molecule has 0 saturated carbocycles. The lowest BCUT2D eigenvalue weighted by Gasteiger charge is -2.29. The van der Waals surface area contributed by atoms with Gasteiger partial charge in [-0.05, 0) is 46.5 Å². The number of nitrogens with one attached hydrogen (secondary N) is 1. The Morgan fingerprint density at radius 1 is 1.30 bits per heavy atom. The van der Waals surface area contributed by atoms with Crippen LogP contribution in [-0.4, -0.2) is 55.0 Å². The Balaban J connectivity index is 1.73. The van der Waals surface area contributed by atoms with Gasteiger partial charge in [0.2, 0.25) is 0 Å². The number of likely N-dealkylation sites (tertiary alicyclic amines) is 1. The molecule has 2 rings (SSSR count). The maximum Gasteiger partial charge on any atom is 0.410 e. The molecule has 0 aliphatic carbocycles. The summed E-state index contributed by atoms with van der Waals surface area (Å²) in [5.74, 6) is 0. The molecule has 1 amide bonds. The smallest absolute Gasteiger partial charge is 0.410 e. The van der Waals surface area contributed by atoms with Crippen molar-refractivity contribution in [1.29, 1.82) is 0 Å². The van der Waals surface area contributed by atoms with Crippen molar-refractivity contribution in [3.05, 3.63) is 0 Å². The molecule has 2 aliphatic heterocycles. The average Bonchev–Trinajstić information content (AvgIpc) is 2.97. The number of carbonyl (C=O) groups excluding carboxylic acids is 1. The van der Waals surface area contributed by atoms with E-state index in [-0.39, 0.29) is 12.1 Å². The van der Waals surface area contributed by atoms with E-state index in [1.165, 1.54) is 6.42 Å². The van der Waals surface area contributed by atoms with Gasteiger partial charge in [-0.25, -0.2) is 4.79 Å². The van der Waals surface area contributed by atoms with E-state index in [0.717, 1.165) is 45.5 Å². The number of hydrogen-bond acceptors (Lipinski definition) is 4. The van der Waals surface area contributed by atoms with E-state index in [0.29, 0.717) is 6.10 Å². The summed E-state index contributed by atoms with van der Waals surface area (Å²) in [7, 11) is 0. The van der Waals surface area contributed by atoms with Crippen molar-refractivity contribution in [1.82, 2.24) is 10.2 Å².